The van der Waals surface area contributed by atoms with Crippen molar-refractivity contribution >= 4 is 11.3 Å². The fourth-order valence-corrected chi connectivity index (χ4v) is 1.13. The summed E-state index contributed by atoms with van der Waals surface area (Å²) in [5, 5.41) is 3.07. The van der Waals surface area contributed by atoms with Gasteiger partial charge in [0.2, 0.25) is 0 Å². The number of hydrogen-bond acceptors (Lipinski definition) is 3. The van der Waals surface area contributed by atoms with E-state index >= 15 is 0 Å². The Kier molecular flexibility index (Phi) is 1.60. The maximum atomic E-state index is 5.31. The molecule has 0 atom stereocenters. The lowest BCUT2D eigenvalue weighted by atomic mass is 10.5. The van der Waals surface area contributed by atoms with Crippen molar-refractivity contribution in [3.05, 3.63) is 16.1 Å². The molecule has 0 amide bonds. The Morgan fingerprint density at radius 2 is 2.62 bits per heavy atom. The fraction of sp³-hybridized carbons (Fsp3) is 0.400. The van der Waals surface area contributed by atoms with Gasteiger partial charge in [-0.3, -0.25) is 0 Å². The summed E-state index contributed by atoms with van der Waals surface area (Å²) in [5.74, 6) is 0. The van der Waals surface area contributed by atoms with E-state index in [0.29, 0.717) is 6.54 Å². The van der Waals surface area contributed by atoms with Gasteiger partial charge in [-0.15, -0.1) is 11.3 Å². The summed E-state index contributed by atoms with van der Waals surface area (Å²) in [7, 11) is 0. The number of hydrogen-bond donors (Lipinski definition) is 1. The molecule has 1 aromatic heterocycles. The van der Waals surface area contributed by atoms with E-state index in [1.54, 1.807) is 11.3 Å². The third kappa shape index (κ3) is 1.05. The van der Waals surface area contributed by atoms with Crippen molar-refractivity contribution in [2.24, 2.45) is 5.73 Å². The zero-order valence-corrected chi connectivity index (χ0v) is 5.53. The Balaban J connectivity index is 2.84. The first-order valence-electron chi connectivity index (χ1n) is 2.44. The summed E-state index contributed by atoms with van der Waals surface area (Å²) in [6, 6.07) is 0. The predicted octanol–water partition coefficient (Wildman–Crippen LogP) is 0.910. The van der Waals surface area contributed by atoms with Crippen LogP contribution >= 0.6 is 11.3 Å². The SMILES string of the molecule is Cc1nc(CN)cs1. The van der Waals surface area contributed by atoms with Crippen LogP contribution in [0.3, 0.4) is 0 Å². The molecular formula is C5H8N2S. The number of thiazole rings is 1. The second kappa shape index (κ2) is 2.24. The molecule has 0 aliphatic heterocycles. The van der Waals surface area contributed by atoms with E-state index in [9.17, 15) is 0 Å². The monoisotopic (exact) mass is 128 g/mol. The van der Waals surface area contributed by atoms with E-state index in [1.165, 1.54) is 0 Å². The van der Waals surface area contributed by atoms with Crippen molar-refractivity contribution in [2.75, 3.05) is 0 Å². The van der Waals surface area contributed by atoms with Crippen LogP contribution in [0.15, 0.2) is 5.38 Å². The molecule has 0 unspecified atom stereocenters. The molecule has 3 heteroatoms. The molecule has 0 saturated carbocycles. The molecule has 1 aromatic rings. The minimum absolute atomic E-state index is 0.560. The molecule has 0 aliphatic rings. The van der Waals surface area contributed by atoms with Crippen LogP contribution in [0.4, 0.5) is 0 Å². The van der Waals surface area contributed by atoms with E-state index in [2.05, 4.69) is 4.98 Å². The zero-order valence-electron chi connectivity index (χ0n) is 4.72. The normalized spacial score (nSPS) is 9.75. The highest BCUT2D eigenvalue weighted by Crippen LogP contribution is 2.05. The Hall–Kier alpha value is -0.410. The first-order chi connectivity index (χ1) is 3.83. The van der Waals surface area contributed by atoms with Crippen molar-refractivity contribution in [3.8, 4) is 0 Å². The van der Waals surface area contributed by atoms with Crippen molar-refractivity contribution in [1.29, 1.82) is 0 Å². The molecule has 2 nitrogen and oxygen atoms in total. The molecule has 0 fully saturated rings. The smallest absolute Gasteiger partial charge is 0.0897 e. The maximum Gasteiger partial charge on any atom is 0.0897 e. The predicted molar refractivity (Wildman–Crippen MR) is 34.7 cm³/mol. The third-order valence-corrected chi connectivity index (χ3v) is 1.70. The maximum absolute atomic E-state index is 5.31. The number of nitrogens with zero attached hydrogens (tertiary/aromatic N) is 1. The van der Waals surface area contributed by atoms with Crippen molar-refractivity contribution in [3.63, 3.8) is 0 Å². The topological polar surface area (TPSA) is 38.9 Å². The molecule has 0 radical (unpaired) electrons. The summed E-state index contributed by atoms with van der Waals surface area (Å²) >= 11 is 1.64. The van der Waals surface area contributed by atoms with Gasteiger partial charge in [-0.25, -0.2) is 4.98 Å². The molecule has 8 heavy (non-hydrogen) atoms. The molecule has 44 valence electrons. The van der Waals surface area contributed by atoms with Crippen LogP contribution in [0.25, 0.3) is 0 Å². The Labute approximate surface area is 52.4 Å². The average Bonchev–Trinajstić information content (AvgIpc) is 2.14. The lowest BCUT2D eigenvalue weighted by Gasteiger charge is -1.80. The van der Waals surface area contributed by atoms with Gasteiger partial charge in [-0.1, -0.05) is 0 Å². The molecule has 0 aliphatic carbocycles. The van der Waals surface area contributed by atoms with Gasteiger partial charge in [0.05, 0.1) is 10.7 Å². The molecule has 0 spiro atoms. The molecule has 0 saturated heterocycles. The molecule has 1 rings (SSSR count). The fourth-order valence-electron chi connectivity index (χ4n) is 0.502. The van der Waals surface area contributed by atoms with E-state index < -0.39 is 0 Å². The first kappa shape index (κ1) is 5.72. The minimum Gasteiger partial charge on any atom is -0.325 e. The van der Waals surface area contributed by atoms with E-state index in [-0.39, 0.29) is 0 Å². The standard InChI is InChI=1S/C5H8N2S/c1-4-7-5(2-6)3-8-4/h3H,2,6H2,1H3. The minimum atomic E-state index is 0.560. The first-order valence-corrected chi connectivity index (χ1v) is 3.32. The molecule has 0 aromatic carbocycles. The van der Waals surface area contributed by atoms with Crippen molar-refractivity contribution in [1.82, 2.24) is 4.98 Å². The number of aryl methyl sites for hydroxylation is 1. The van der Waals surface area contributed by atoms with E-state index in [0.717, 1.165) is 10.7 Å². The van der Waals surface area contributed by atoms with Crippen LogP contribution in [0, 0.1) is 6.92 Å². The lowest BCUT2D eigenvalue weighted by Crippen LogP contribution is -1.95. The summed E-state index contributed by atoms with van der Waals surface area (Å²) in [5.41, 5.74) is 6.30. The van der Waals surface area contributed by atoms with Crippen LogP contribution in [-0.2, 0) is 6.54 Å². The van der Waals surface area contributed by atoms with Crippen LogP contribution in [0.5, 0.6) is 0 Å². The van der Waals surface area contributed by atoms with Crippen molar-refractivity contribution < 1.29 is 0 Å². The Morgan fingerprint density at radius 1 is 1.88 bits per heavy atom. The van der Waals surface area contributed by atoms with Gasteiger partial charge in [-0.2, -0.15) is 0 Å². The zero-order chi connectivity index (χ0) is 5.98. The second-order valence-corrected chi connectivity index (χ2v) is 2.62. The van der Waals surface area contributed by atoms with Gasteiger partial charge in [-0.05, 0) is 6.92 Å². The van der Waals surface area contributed by atoms with Crippen LogP contribution in [0.1, 0.15) is 10.7 Å². The van der Waals surface area contributed by atoms with Gasteiger partial charge in [0.1, 0.15) is 0 Å². The highest BCUT2D eigenvalue weighted by molar-refractivity contribution is 7.09. The molecule has 2 N–H and O–H groups in total. The number of nitrogens with two attached hydrogens (primary N) is 1. The van der Waals surface area contributed by atoms with Crippen LogP contribution < -0.4 is 5.73 Å². The van der Waals surface area contributed by atoms with Crippen LogP contribution in [0.2, 0.25) is 0 Å². The quantitative estimate of drug-likeness (QED) is 0.610. The molecular weight excluding hydrogens is 120 g/mol. The summed E-state index contributed by atoms with van der Waals surface area (Å²) in [6.07, 6.45) is 0. The summed E-state index contributed by atoms with van der Waals surface area (Å²) in [4.78, 5) is 4.12. The largest absolute Gasteiger partial charge is 0.325 e. The third-order valence-electron chi connectivity index (χ3n) is 0.876. The molecule has 0 bridgehead atoms. The van der Waals surface area contributed by atoms with Gasteiger partial charge in [0.15, 0.2) is 0 Å². The summed E-state index contributed by atoms with van der Waals surface area (Å²) < 4.78 is 0. The molecule has 1 heterocycles. The second-order valence-electron chi connectivity index (χ2n) is 1.56. The average molecular weight is 128 g/mol. The van der Waals surface area contributed by atoms with E-state index in [1.807, 2.05) is 12.3 Å². The summed E-state index contributed by atoms with van der Waals surface area (Å²) in [6.45, 7) is 2.54. The van der Waals surface area contributed by atoms with Gasteiger partial charge in [0.25, 0.3) is 0 Å². The Bertz CT molecular complexity index is 171. The lowest BCUT2D eigenvalue weighted by molar-refractivity contribution is 0.999. The van der Waals surface area contributed by atoms with Gasteiger partial charge < -0.3 is 5.73 Å². The highest BCUT2D eigenvalue weighted by Gasteiger charge is 1.91. The highest BCUT2D eigenvalue weighted by atomic mass is 32.1. The van der Waals surface area contributed by atoms with Crippen molar-refractivity contribution in [2.45, 2.75) is 13.5 Å². The van der Waals surface area contributed by atoms with E-state index in [4.69, 9.17) is 5.73 Å². The number of aromatic nitrogens is 1. The Morgan fingerprint density at radius 3 is 2.88 bits per heavy atom. The number of rotatable bonds is 1. The van der Waals surface area contributed by atoms with Crippen LogP contribution in [-0.4, -0.2) is 4.98 Å². The van der Waals surface area contributed by atoms with Gasteiger partial charge in [0, 0.05) is 11.9 Å². The van der Waals surface area contributed by atoms with Gasteiger partial charge >= 0.3 is 0 Å².